The van der Waals surface area contributed by atoms with E-state index >= 15 is 0 Å². The summed E-state index contributed by atoms with van der Waals surface area (Å²) < 4.78 is 20.2. The van der Waals surface area contributed by atoms with Crippen LogP contribution in [0, 0.1) is 0 Å². The van der Waals surface area contributed by atoms with Crippen molar-refractivity contribution in [3.05, 3.63) is 48.6 Å². The van der Waals surface area contributed by atoms with Gasteiger partial charge in [0, 0.05) is 18.5 Å². The number of anilines is 2. The molecule has 0 spiro atoms. The summed E-state index contributed by atoms with van der Waals surface area (Å²) in [4.78, 5) is 15.9. The van der Waals surface area contributed by atoms with Gasteiger partial charge in [-0.3, -0.25) is 5.32 Å². The zero-order valence-electron chi connectivity index (χ0n) is 14.1. The largest absolute Gasteiger partial charge is 0.461 e. The fourth-order valence-corrected chi connectivity index (χ4v) is 2.09. The summed E-state index contributed by atoms with van der Waals surface area (Å²) >= 11 is 0. The van der Waals surface area contributed by atoms with Crippen molar-refractivity contribution in [1.82, 2.24) is 10.1 Å². The molecule has 0 saturated heterocycles. The Morgan fingerprint density at radius 3 is 2.88 bits per heavy atom. The van der Waals surface area contributed by atoms with E-state index < -0.39 is 6.09 Å². The summed E-state index contributed by atoms with van der Waals surface area (Å²) in [6.45, 7) is 0.865. The van der Waals surface area contributed by atoms with Crippen molar-refractivity contribution >= 4 is 17.5 Å². The fourth-order valence-electron chi connectivity index (χ4n) is 2.09. The Morgan fingerprint density at radius 1 is 1.19 bits per heavy atom. The van der Waals surface area contributed by atoms with E-state index in [1.807, 2.05) is 6.07 Å². The highest BCUT2D eigenvalue weighted by molar-refractivity contribution is 5.85. The number of rotatable bonds is 8. The molecule has 0 aliphatic rings. The van der Waals surface area contributed by atoms with Gasteiger partial charge in [0.15, 0.2) is 5.76 Å². The number of hydrogen-bond donors (Lipinski definition) is 2. The van der Waals surface area contributed by atoms with Crippen LogP contribution in [0.1, 0.15) is 5.89 Å². The molecule has 0 radical (unpaired) electrons. The SMILES string of the molecule is COCCOC(=O)Nc1cccc(NCc2nc(-c3ccco3)no2)c1. The van der Waals surface area contributed by atoms with E-state index in [0.29, 0.717) is 36.3 Å². The average Bonchev–Trinajstić information content (AvgIpc) is 3.32. The van der Waals surface area contributed by atoms with Crippen LogP contribution < -0.4 is 10.6 Å². The predicted molar refractivity (Wildman–Crippen MR) is 92.6 cm³/mol. The van der Waals surface area contributed by atoms with Crippen LogP contribution in [-0.4, -0.2) is 36.6 Å². The quantitative estimate of drug-likeness (QED) is 0.591. The third kappa shape index (κ3) is 4.84. The summed E-state index contributed by atoms with van der Waals surface area (Å²) in [7, 11) is 1.54. The molecule has 0 bridgehead atoms. The van der Waals surface area contributed by atoms with Gasteiger partial charge in [0.05, 0.1) is 19.4 Å². The Labute approximate surface area is 149 Å². The molecule has 1 aromatic carbocycles. The lowest BCUT2D eigenvalue weighted by Gasteiger charge is -2.09. The van der Waals surface area contributed by atoms with Crippen LogP contribution in [0.4, 0.5) is 16.2 Å². The molecule has 2 aromatic heterocycles. The highest BCUT2D eigenvalue weighted by atomic mass is 16.6. The monoisotopic (exact) mass is 358 g/mol. The van der Waals surface area contributed by atoms with E-state index in [4.69, 9.17) is 18.4 Å². The summed E-state index contributed by atoms with van der Waals surface area (Å²) in [5.41, 5.74) is 1.37. The van der Waals surface area contributed by atoms with Gasteiger partial charge in [0.2, 0.25) is 11.7 Å². The number of hydrogen-bond acceptors (Lipinski definition) is 8. The zero-order chi connectivity index (χ0) is 18.2. The lowest BCUT2D eigenvalue weighted by Crippen LogP contribution is -2.16. The van der Waals surface area contributed by atoms with E-state index in [1.165, 1.54) is 7.11 Å². The number of carbonyl (C=O) groups excluding carboxylic acids is 1. The lowest BCUT2D eigenvalue weighted by atomic mass is 10.3. The van der Waals surface area contributed by atoms with Crippen molar-refractivity contribution in [3.63, 3.8) is 0 Å². The van der Waals surface area contributed by atoms with E-state index in [9.17, 15) is 4.79 Å². The Bertz CT molecular complexity index is 831. The summed E-state index contributed by atoms with van der Waals surface area (Å²) in [6, 6.07) is 10.7. The first-order valence-electron chi connectivity index (χ1n) is 7.88. The minimum Gasteiger partial charge on any atom is -0.461 e. The van der Waals surface area contributed by atoms with Gasteiger partial charge < -0.3 is 23.7 Å². The third-order valence-corrected chi connectivity index (χ3v) is 3.28. The van der Waals surface area contributed by atoms with Crippen LogP contribution in [-0.2, 0) is 16.0 Å². The standard InChI is InChI=1S/C17H18N4O5/c1-23-8-9-25-17(22)19-13-5-2-4-12(10-13)18-11-15-20-16(21-26-15)14-6-3-7-24-14/h2-7,10,18H,8-9,11H2,1H3,(H,19,22). The molecule has 0 aliphatic heterocycles. The maximum atomic E-state index is 11.6. The molecule has 2 N–H and O–H groups in total. The number of ether oxygens (including phenoxy) is 2. The molecule has 0 unspecified atom stereocenters. The van der Waals surface area contributed by atoms with Crippen LogP contribution in [0.3, 0.4) is 0 Å². The molecule has 136 valence electrons. The van der Waals surface area contributed by atoms with E-state index in [1.54, 1.807) is 36.6 Å². The van der Waals surface area contributed by atoms with Gasteiger partial charge in [-0.15, -0.1) is 0 Å². The fraction of sp³-hybridized carbons (Fsp3) is 0.235. The Hall–Kier alpha value is -3.33. The maximum absolute atomic E-state index is 11.6. The molecule has 3 rings (SSSR count). The minimum absolute atomic E-state index is 0.190. The van der Waals surface area contributed by atoms with E-state index in [-0.39, 0.29) is 6.61 Å². The molecule has 9 heteroatoms. The minimum atomic E-state index is -0.542. The van der Waals surface area contributed by atoms with Crippen LogP contribution in [0.15, 0.2) is 51.6 Å². The first-order valence-corrected chi connectivity index (χ1v) is 7.88. The van der Waals surface area contributed by atoms with Crippen molar-refractivity contribution < 1.29 is 23.2 Å². The Morgan fingerprint density at radius 2 is 2.08 bits per heavy atom. The van der Waals surface area contributed by atoms with Crippen molar-refractivity contribution in [3.8, 4) is 11.6 Å². The number of furan rings is 1. The van der Waals surface area contributed by atoms with Gasteiger partial charge >= 0.3 is 6.09 Å². The van der Waals surface area contributed by atoms with Crippen LogP contribution in [0.2, 0.25) is 0 Å². The molecule has 2 heterocycles. The number of aromatic nitrogens is 2. The number of nitrogens with zero attached hydrogens (tertiary/aromatic N) is 2. The molecule has 1 amide bonds. The molecule has 3 aromatic rings. The van der Waals surface area contributed by atoms with Crippen LogP contribution in [0.25, 0.3) is 11.6 Å². The summed E-state index contributed by atoms with van der Waals surface area (Å²) in [5.74, 6) is 1.34. The molecular weight excluding hydrogens is 340 g/mol. The number of methoxy groups -OCH3 is 1. The number of carbonyl (C=O) groups is 1. The molecule has 26 heavy (non-hydrogen) atoms. The molecule has 9 nitrogen and oxygen atoms in total. The molecule has 0 saturated carbocycles. The van der Waals surface area contributed by atoms with Crippen LogP contribution in [0.5, 0.6) is 0 Å². The number of amides is 1. The molecule has 0 atom stereocenters. The maximum Gasteiger partial charge on any atom is 0.411 e. The first-order chi connectivity index (χ1) is 12.7. The number of nitrogens with one attached hydrogen (secondary N) is 2. The number of benzene rings is 1. The third-order valence-electron chi connectivity index (χ3n) is 3.28. The predicted octanol–water partition coefficient (Wildman–Crippen LogP) is 3.14. The molecule has 0 aliphatic carbocycles. The highest BCUT2D eigenvalue weighted by Gasteiger charge is 2.10. The van der Waals surface area contributed by atoms with Gasteiger partial charge in [-0.2, -0.15) is 4.98 Å². The molecule has 0 fully saturated rings. The summed E-state index contributed by atoms with van der Waals surface area (Å²) in [5, 5.41) is 9.65. The highest BCUT2D eigenvalue weighted by Crippen LogP contribution is 2.18. The van der Waals surface area contributed by atoms with Gasteiger partial charge in [0.25, 0.3) is 0 Å². The van der Waals surface area contributed by atoms with Gasteiger partial charge in [-0.1, -0.05) is 11.2 Å². The topological polar surface area (TPSA) is 112 Å². The van der Waals surface area contributed by atoms with Gasteiger partial charge in [-0.05, 0) is 30.3 Å². The van der Waals surface area contributed by atoms with Crippen molar-refractivity contribution in [1.29, 1.82) is 0 Å². The first kappa shape index (κ1) is 17.5. The van der Waals surface area contributed by atoms with Crippen molar-refractivity contribution in [2.45, 2.75) is 6.54 Å². The second-order valence-corrected chi connectivity index (χ2v) is 5.18. The second kappa shape index (κ2) is 8.67. The zero-order valence-corrected chi connectivity index (χ0v) is 14.1. The lowest BCUT2D eigenvalue weighted by molar-refractivity contribution is 0.107. The second-order valence-electron chi connectivity index (χ2n) is 5.18. The molecular formula is C17H18N4O5. The average molecular weight is 358 g/mol. The summed E-state index contributed by atoms with van der Waals surface area (Å²) in [6.07, 6.45) is 1.00. The Balaban J connectivity index is 1.53. The van der Waals surface area contributed by atoms with Crippen LogP contribution >= 0.6 is 0 Å². The smallest absolute Gasteiger partial charge is 0.411 e. The van der Waals surface area contributed by atoms with Crippen molar-refractivity contribution in [2.24, 2.45) is 0 Å². The van der Waals surface area contributed by atoms with E-state index in [0.717, 1.165) is 5.69 Å². The van der Waals surface area contributed by atoms with Gasteiger partial charge in [-0.25, -0.2) is 4.79 Å². The van der Waals surface area contributed by atoms with Gasteiger partial charge in [0.1, 0.15) is 6.61 Å². The Kier molecular flexibility index (Phi) is 5.84. The van der Waals surface area contributed by atoms with E-state index in [2.05, 4.69) is 20.8 Å². The van der Waals surface area contributed by atoms with Crippen molar-refractivity contribution in [2.75, 3.05) is 31.0 Å². The normalized spacial score (nSPS) is 10.5.